The number of carbonyl (C=O) groups is 2. The number of rotatable bonds is 14. The van der Waals surface area contributed by atoms with Crippen molar-refractivity contribution in [3.05, 3.63) is 95.0 Å². The van der Waals surface area contributed by atoms with Crippen LogP contribution in [0.4, 0.5) is 0 Å². The third-order valence-electron chi connectivity index (χ3n) is 6.12. The number of benzene rings is 3. The molecule has 2 amide bonds. The standard InChI is InChI=1S/C31H37ClN2O4/c1-23(2)21-33-31(36)29(20-24-10-5-4-6-11-24)34(22-25-12-7-8-13-28(25)32)30(35)14-9-19-38-27-17-15-26(37-3)16-18-27/h4-8,10-13,15-18,23,29H,9,14,19-22H2,1-3H3,(H,33,36)/t29-/m0/s1. The Bertz CT molecular complexity index is 1150. The van der Waals surface area contributed by atoms with Crippen molar-refractivity contribution in [2.45, 2.75) is 45.7 Å². The minimum Gasteiger partial charge on any atom is -0.497 e. The molecule has 0 radical (unpaired) electrons. The molecule has 1 N–H and O–H groups in total. The summed E-state index contributed by atoms with van der Waals surface area (Å²) < 4.78 is 11.0. The first kappa shape index (κ1) is 29.1. The van der Waals surface area contributed by atoms with Gasteiger partial charge in [-0.3, -0.25) is 9.59 Å². The summed E-state index contributed by atoms with van der Waals surface area (Å²) in [7, 11) is 1.62. The minimum atomic E-state index is -0.678. The van der Waals surface area contributed by atoms with E-state index in [9.17, 15) is 9.59 Å². The zero-order valence-corrected chi connectivity index (χ0v) is 23.1. The van der Waals surface area contributed by atoms with Crippen molar-refractivity contribution in [2.24, 2.45) is 5.92 Å². The molecule has 0 fully saturated rings. The zero-order valence-electron chi connectivity index (χ0n) is 22.4. The van der Waals surface area contributed by atoms with Gasteiger partial charge in [0.2, 0.25) is 11.8 Å². The predicted molar refractivity (Wildman–Crippen MR) is 152 cm³/mol. The molecule has 0 saturated carbocycles. The van der Waals surface area contributed by atoms with Gasteiger partial charge in [0.25, 0.3) is 0 Å². The van der Waals surface area contributed by atoms with Gasteiger partial charge in [-0.05, 0) is 53.8 Å². The number of halogens is 1. The third-order valence-corrected chi connectivity index (χ3v) is 6.49. The van der Waals surface area contributed by atoms with Crippen LogP contribution in [-0.2, 0) is 22.6 Å². The predicted octanol–water partition coefficient (Wildman–Crippen LogP) is 5.92. The highest BCUT2D eigenvalue weighted by Crippen LogP contribution is 2.22. The molecule has 0 aromatic heterocycles. The number of amides is 2. The lowest BCUT2D eigenvalue weighted by Crippen LogP contribution is -2.51. The van der Waals surface area contributed by atoms with Gasteiger partial charge in [0.15, 0.2) is 0 Å². The molecule has 0 aliphatic heterocycles. The van der Waals surface area contributed by atoms with Gasteiger partial charge in [-0.2, -0.15) is 0 Å². The second kappa shape index (κ2) is 15.0. The van der Waals surface area contributed by atoms with E-state index in [1.165, 1.54) is 0 Å². The summed E-state index contributed by atoms with van der Waals surface area (Å²) in [5, 5.41) is 3.60. The van der Waals surface area contributed by atoms with Crippen molar-refractivity contribution < 1.29 is 19.1 Å². The number of methoxy groups -OCH3 is 1. The van der Waals surface area contributed by atoms with E-state index in [0.717, 1.165) is 16.9 Å². The number of nitrogens with zero attached hydrogens (tertiary/aromatic N) is 1. The molecule has 0 aliphatic carbocycles. The van der Waals surface area contributed by atoms with E-state index in [1.54, 1.807) is 18.1 Å². The Balaban J connectivity index is 1.77. The quantitative estimate of drug-likeness (QED) is 0.260. The fourth-order valence-electron chi connectivity index (χ4n) is 4.02. The first-order chi connectivity index (χ1) is 18.4. The Morgan fingerprint density at radius 1 is 0.921 bits per heavy atom. The van der Waals surface area contributed by atoms with Crippen LogP contribution in [-0.4, -0.2) is 43.0 Å². The van der Waals surface area contributed by atoms with Crippen molar-refractivity contribution in [3.63, 3.8) is 0 Å². The van der Waals surface area contributed by atoms with Crippen molar-refractivity contribution >= 4 is 23.4 Å². The van der Waals surface area contributed by atoms with E-state index in [-0.39, 0.29) is 24.8 Å². The summed E-state index contributed by atoms with van der Waals surface area (Å²) in [6, 6.07) is 23.8. The van der Waals surface area contributed by atoms with E-state index in [4.69, 9.17) is 21.1 Å². The van der Waals surface area contributed by atoms with E-state index >= 15 is 0 Å². The summed E-state index contributed by atoms with van der Waals surface area (Å²) in [6.07, 6.45) is 1.15. The van der Waals surface area contributed by atoms with Crippen LogP contribution in [0, 0.1) is 5.92 Å². The molecular formula is C31H37ClN2O4. The fraction of sp³-hybridized carbons (Fsp3) is 0.355. The van der Waals surface area contributed by atoms with Crippen molar-refractivity contribution in [1.29, 1.82) is 0 Å². The monoisotopic (exact) mass is 536 g/mol. The third kappa shape index (κ3) is 9.10. The van der Waals surface area contributed by atoms with E-state index in [2.05, 4.69) is 5.32 Å². The lowest BCUT2D eigenvalue weighted by Gasteiger charge is -2.32. The molecule has 0 spiro atoms. The maximum Gasteiger partial charge on any atom is 0.243 e. The Kier molecular flexibility index (Phi) is 11.5. The van der Waals surface area contributed by atoms with Gasteiger partial charge in [0.1, 0.15) is 17.5 Å². The topological polar surface area (TPSA) is 67.9 Å². The highest BCUT2D eigenvalue weighted by Gasteiger charge is 2.30. The molecule has 38 heavy (non-hydrogen) atoms. The van der Waals surface area contributed by atoms with Crippen molar-refractivity contribution in [1.82, 2.24) is 10.2 Å². The molecule has 3 rings (SSSR count). The molecule has 202 valence electrons. The van der Waals surface area contributed by atoms with Crippen LogP contribution in [0.2, 0.25) is 5.02 Å². The number of carbonyl (C=O) groups excluding carboxylic acids is 2. The van der Waals surface area contributed by atoms with Gasteiger partial charge in [0, 0.05) is 31.0 Å². The first-order valence-corrected chi connectivity index (χ1v) is 13.4. The van der Waals surface area contributed by atoms with Gasteiger partial charge in [0.05, 0.1) is 13.7 Å². The molecule has 0 saturated heterocycles. The summed E-state index contributed by atoms with van der Waals surface area (Å²) in [6.45, 7) is 5.24. The van der Waals surface area contributed by atoms with Gasteiger partial charge >= 0.3 is 0 Å². The summed E-state index contributed by atoms with van der Waals surface area (Å²) >= 11 is 6.47. The fourth-order valence-corrected chi connectivity index (χ4v) is 4.21. The van der Waals surface area contributed by atoms with Gasteiger partial charge in [-0.1, -0.05) is 74.0 Å². The molecule has 7 heteroatoms. The van der Waals surface area contributed by atoms with Gasteiger partial charge in [-0.25, -0.2) is 0 Å². The summed E-state index contributed by atoms with van der Waals surface area (Å²) in [5.74, 6) is 1.46. The molecule has 0 unspecified atom stereocenters. The van der Waals surface area contributed by atoms with Crippen molar-refractivity contribution in [3.8, 4) is 11.5 Å². The average molecular weight is 537 g/mol. The zero-order chi connectivity index (χ0) is 27.3. The minimum absolute atomic E-state index is 0.121. The van der Waals surface area contributed by atoms with Crippen LogP contribution in [0.3, 0.4) is 0 Å². The second-order valence-corrected chi connectivity index (χ2v) is 9.99. The summed E-state index contributed by atoms with van der Waals surface area (Å²) in [4.78, 5) is 28.8. The van der Waals surface area contributed by atoms with Crippen LogP contribution in [0.1, 0.15) is 37.8 Å². The van der Waals surface area contributed by atoms with Crippen LogP contribution in [0.15, 0.2) is 78.9 Å². The van der Waals surface area contributed by atoms with Crippen LogP contribution >= 0.6 is 11.6 Å². The van der Waals surface area contributed by atoms with E-state index in [1.807, 2.05) is 86.6 Å². The second-order valence-electron chi connectivity index (χ2n) is 9.59. The molecule has 3 aromatic rings. The average Bonchev–Trinajstić information content (AvgIpc) is 2.93. The SMILES string of the molecule is COc1ccc(OCCCC(=O)N(Cc2ccccc2Cl)[C@@H](Cc2ccccc2)C(=O)NCC(C)C)cc1. The maximum atomic E-state index is 13.7. The number of hydrogen-bond acceptors (Lipinski definition) is 4. The molecule has 0 heterocycles. The largest absolute Gasteiger partial charge is 0.497 e. The molecule has 3 aromatic carbocycles. The Morgan fingerprint density at radius 3 is 2.24 bits per heavy atom. The smallest absolute Gasteiger partial charge is 0.243 e. The first-order valence-electron chi connectivity index (χ1n) is 13.0. The number of hydrogen-bond donors (Lipinski definition) is 1. The van der Waals surface area contributed by atoms with Crippen LogP contribution in [0.25, 0.3) is 0 Å². The maximum absolute atomic E-state index is 13.7. The normalized spacial score (nSPS) is 11.6. The Morgan fingerprint density at radius 2 is 1.58 bits per heavy atom. The molecule has 6 nitrogen and oxygen atoms in total. The number of ether oxygens (including phenoxy) is 2. The molecular weight excluding hydrogens is 500 g/mol. The van der Waals surface area contributed by atoms with Gasteiger partial charge in [-0.15, -0.1) is 0 Å². The summed E-state index contributed by atoms with van der Waals surface area (Å²) in [5.41, 5.74) is 1.78. The van der Waals surface area contributed by atoms with E-state index in [0.29, 0.717) is 42.7 Å². The van der Waals surface area contributed by atoms with Crippen molar-refractivity contribution in [2.75, 3.05) is 20.3 Å². The van der Waals surface area contributed by atoms with Crippen LogP contribution in [0.5, 0.6) is 11.5 Å². The highest BCUT2D eigenvalue weighted by molar-refractivity contribution is 6.31. The lowest BCUT2D eigenvalue weighted by molar-refractivity contribution is -0.141. The molecule has 1 atom stereocenters. The highest BCUT2D eigenvalue weighted by atomic mass is 35.5. The van der Waals surface area contributed by atoms with Crippen LogP contribution < -0.4 is 14.8 Å². The Hall–Kier alpha value is -3.51. The molecule has 0 aliphatic rings. The Labute approximate surface area is 230 Å². The van der Waals surface area contributed by atoms with E-state index < -0.39 is 6.04 Å². The molecule has 0 bridgehead atoms. The number of nitrogens with one attached hydrogen (secondary N) is 1. The lowest BCUT2D eigenvalue weighted by atomic mass is 10.0. The van der Waals surface area contributed by atoms with Gasteiger partial charge < -0.3 is 19.7 Å².